The van der Waals surface area contributed by atoms with Crippen LogP contribution in [-0.4, -0.2) is 56.7 Å². The summed E-state index contributed by atoms with van der Waals surface area (Å²) in [5.41, 5.74) is 1.93. The van der Waals surface area contributed by atoms with Crippen LogP contribution in [0.5, 0.6) is 0 Å². The van der Waals surface area contributed by atoms with Gasteiger partial charge in [0.2, 0.25) is 0 Å². The highest BCUT2D eigenvalue weighted by molar-refractivity contribution is 5.97. The number of likely N-dealkylation sites (tertiary alicyclic amines) is 1. The zero-order valence-electron chi connectivity index (χ0n) is 11.8. The number of carbonyl (C=O) groups excluding carboxylic acids is 1. The Bertz CT molecular complexity index is 418. The first-order valence-electron chi connectivity index (χ1n) is 6.52. The first-order chi connectivity index (χ1) is 9.13. The zero-order chi connectivity index (χ0) is 13.8. The van der Waals surface area contributed by atoms with Crippen molar-refractivity contribution < 1.29 is 14.3 Å². The molecule has 4 nitrogen and oxygen atoms in total. The van der Waals surface area contributed by atoms with Gasteiger partial charge < -0.3 is 9.47 Å². The molecule has 0 spiro atoms. The summed E-state index contributed by atoms with van der Waals surface area (Å²) < 4.78 is 10.7. The van der Waals surface area contributed by atoms with Gasteiger partial charge in [-0.15, -0.1) is 0 Å². The van der Waals surface area contributed by atoms with Gasteiger partial charge >= 0.3 is 0 Å². The van der Waals surface area contributed by atoms with E-state index in [1.54, 1.807) is 14.2 Å². The molecule has 1 aromatic carbocycles. The summed E-state index contributed by atoms with van der Waals surface area (Å²) >= 11 is 0. The molecule has 1 aliphatic heterocycles. The smallest absolute Gasteiger partial charge is 0.176 e. The topological polar surface area (TPSA) is 38.8 Å². The Morgan fingerprint density at radius 1 is 1.16 bits per heavy atom. The Kier molecular flexibility index (Phi) is 4.69. The van der Waals surface area contributed by atoms with Gasteiger partial charge in [0.15, 0.2) is 5.78 Å². The lowest BCUT2D eigenvalue weighted by molar-refractivity contribution is -0.00461. The Labute approximate surface area is 114 Å². The Balaban J connectivity index is 1.95. The third-order valence-electron chi connectivity index (χ3n) is 3.64. The Morgan fingerprint density at radius 2 is 1.68 bits per heavy atom. The molecule has 0 saturated carbocycles. The quantitative estimate of drug-likeness (QED) is 0.755. The molecule has 19 heavy (non-hydrogen) atoms. The van der Waals surface area contributed by atoms with Crippen LogP contribution in [0.4, 0.5) is 0 Å². The first-order valence-corrected chi connectivity index (χ1v) is 6.52. The molecule has 1 heterocycles. The van der Waals surface area contributed by atoms with Crippen LogP contribution < -0.4 is 0 Å². The van der Waals surface area contributed by atoms with Crippen LogP contribution in [0.3, 0.4) is 0 Å². The van der Waals surface area contributed by atoms with Crippen LogP contribution in [0.2, 0.25) is 0 Å². The van der Waals surface area contributed by atoms with E-state index in [-0.39, 0.29) is 18.0 Å². The summed E-state index contributed by atoms with van der Waals surface area (Å²) in [4.78, 5) is 14.3. The number of rotatable bonds is 5. The van der Waals surface area contributed by atoms with Crippen molar-refractivity contribution in [1.82, 2.24) is 4.90 Å². The van der Waals surface area contributed by atoms with E-state index in [4.69, 9.17) is 9.47 Å². The van der Waals surface area contributed by atoms with Gasteiger partial charge in [0.1, 0.15) is 0 Å². The number of Topliss-reactive ketones (excluding diaryl/α,β-unsaturated/α-hetero) is 1. The van der Waals surface area contributed by atoms with Crippen molar-refractivity contribution in [1.29, 1.82) is 0 Å². The molecule has 1 aliphatic rings. The summed E-state index contributed by atoms with van der Waals surface area (Å²) in [6.45, 7) is 3.92. The second kappa shape index (κ2) is 6.28. The maximum atomic E-state index is 12.2. The van der Waals surface area contributed by atoms with Crippen molar-refractivity contribution in [2.45, 2.75) is 19.1 Å². The van der Waals surface area contributed by atoms with Gasteiger partial charge in [0.25, 0.3) is 0 Å². The molecular weight excluding hydrogens is 242 g/mol. The molecule has 1 fully saturated rings. The van der Waals surface area contributed by atoms with Gasteiger partial charge in [-0.1, -0.05) is 29.8 Å². The summed E-state index contributed by atoms with van der Waals surface area (Å²) in [6.07, 6.45) is 0.103. The van der Waals surface area contributed by atoms with Gasteiger partial charge in [0, 0.05) is 32.9 Å². The van der Waals surface area contributed by atoms with E-state index in [0.717, 1.165) is 24.2 Å². The fourth-order valence-corrected chi connectivity index (χ4v) is 2.43. The van der Waals surface area contributed by atoms with Crippen LogP contribution in [0.1, 0.15) is 15.9 Å². The van der Waals surface area contributed by atoms with Crippen LogP contribution >= 0.6 is 0 Å². The lowest BCUT2D eigenvalue weighted by Crippen LogP contribution is -2.29. The average molecular weight is 263 g/mol. The third-order valence-corrected chi connectivity index (χ3v) is 3.64. The number of hydrogen-bond acceptors (Lipinski definition) is 4. The summed E-state index contributed by atoms with van der Waals surface area (Å²) in [7, 11) is 3.37. The molecule has 0 bridgehead atoms. The van der Waals surface area contributed by atoms with Crippen molar-refractivity contribution >= 4 is 5.78 Å². The predicted octanol–water partition coefficient (Wildman–Crippen LogP) is 1.52. The van der Waals surface area contributed by atoms with Crippen molar-refractivity contribution in [2.75, 3.05) is 33.9 Å². The fraction of sp³-hybridized carbons (Fsp3) is 0.533. The molecule has 2 atom stereocenters. The van der Waals surface area contributed by atoms with Gasteiger partial charge in [-0.2, -0.15) is 0 Å². The number of carbonyl (C=O) groups is 1. The Hall–Kier alpha value is -1.23. The number of nitrogens with zero attached hydrogens (tertiary/aromatic N) is 1. The van der Waals surface area contributed by atoms with E-state index in [2.05, 4.69) is 4.90 Å². The van der Waals surface area contributed by atoms with Gasteiger partial charge in [-0.3, -0.25) is 9.69 Å². The minimum Gasteiger partial charge on any atom is -0.377 e. The highest BCUT2D eigenvalue weighted by Crippen LogP contribution is 2.16. The second-order valence-electron chi connectivity index (χ2n) is 5.03. The minimum atomic E-state index is 0.0517. The fourth-order valence-electron chi connectivity index (χ4n) is 2.43. The second-order valence-corrected chi connectivity index (χ2v) is 5.03. The number of hydrogen-bond donors (Lipinski definition) is 0. The van der Waals surface area contributed by atoms with Crippen molar-refractivity contribution in [3.8, 4) is 0 Å². The Morgan fingerprint density at radius 3 is 2.16 bits per heavy atom. The highest BCUT2D eigenvalue weighted by Gasteiger charge is 2.33. The van der Waals surface area contributed by atoms with E-state index in [9.17, 15) is 4.79 Å². The maximum Gasteiger partial charge on any atom is 0.176 e. The SMILES string of the molecule is COC1CN(CC(=O)c2ccc(C)cc2)CC1OC. The van der Waals surface area contributed by atoms with Crippen molar-refractivity contribution in [3.05, 3.63) is 35.4 Å². The number of aryl methyl sites for hydroxylation is 1. The molecule has 2 unspecified atom stereocenters. The van der Waals surface area contributed by atoms with E-state index >= 15 is 0 Å². The number of ether oxygens (including phenoxy) is 2. The van der Waals surface area contributed by atoms with E-state index in [0.29, 0.717) is 6.54 Å². The lowest BCUT2D eigenvalue weighted by atomic mass is 10.1. The normalized spacial score (nSPS) is 23.7. The predicted molar refractivity (Wildman–Crippen MR) is 73.5 cm³/mol. The van der Waals surface area contributed by atoms with Gasteiger partial charge in [-0.25, -0.2) is 0 Å². The molecule has 0 aromatic heterocycles. The standard InChI is InChI=1S/C15H21NO3/c1-11-4-6-12(7-5-11)13(17)8-16-9-14(18-2)15(10-16)19-3/h4-7,14-15H,8-10H2,1-3H3. The molecule has 0 radical (unpaired) electrons. The molecule has 1 saturated heterocycles. The molecule has 104 valence electrons. The van der Waals surface area contributed by atoms with Crippen LogP contribution in [0.25, 0.3) is 0 Å². The average Bonchev–Trinajstić information content (AvgIpc) is 2.81. The first kappa shape index (κ1) is 14.2. The van der Waals surface area contributed by atoms with Crippen LogP contribution in [-0.2, 0) is 9.47 Å². The maximum absolute atomic E-state index is 12.2. The summed E-state index contributed by atoms with van der Waals surface area (Å²) in [5, 5.41) is 0. The molecule has 4 heteroatoms. The largest absolute Gasteiger partial charge is 0.377 e. The van der Waals surface area contributed by atoms with Gasteiger partial charge in [-0.05, 0) is 6.92 Å². The zero-order valence-corrected chi connectivity index (χ0v) is 11.8. The van der Waals surface area contributed by atoms with Crippen molar-refractivity contribution in [3.63, 3.8) is 0 Å². The molecule has 1 aromatic rings. The summed E-state index contributed by atoms with van der Waals surface area (Å²) in [5.74, 6) is 0.145. The minimum absolute atomic E-state index is 0.0517. The van der Waals surface area contributed by atoms with Crippen LogP contribution in [0, 0.1) is 6.92 Å². The van der Waals surface area contributed by atoms with Gasteiger partial charge in [0.05, 0.1) is 18.8 Å². The third kappa shape index (κ3) is 3.41. The molecular formula is C15H21NO3. The monoisotopic (exact) mass is 263 g/mol. The number of benzene rings is 1. The molecule has 2 rings (SSSR count). The van der Waals surface area contributed by atoms with E-state index < -0.39 is 0 Å². The molecule has 0 amide bonds. The number of methoxy groups -OCH3 is 2. The highest BCUT2D eigenvalue weighted by atomic mass is 16.5. The van der Waals surface area contributed by atoms with Crippen LogP contribution in [0.15, 0.2) is 24.3 Å². The summed E-state index contributed by atoms with van der Waals surface area (Å²) in [6, 6.07) is 7.70. The van der Waals surface area contributed by atoms with E-state index in [1.165, 1.54) is 0 Å². The van der Waals surface area contributed by atoms with E-state index in [1.807, 2.05) is 31.2 Å². The lowest BCUT2D eigenvalue weighted by Gasteiger charge is -2.14. The molecule has 0 N–H and O–H groups in total. The molecule has 0 aliphatic carbocycles. The number of ketones is 1. The van der Waals surface area contributed by atoms with Crippen molar-refractivity contribution in [2.24, 2.45) is 0 Å².